The van der Waals surface area contributed by atoms with Crippen molar-refractivity contribution < 1.29 is 9.59 Å². The molecule has 3 N–H and O–H groups in total. The lowest BCUT2D eigenvalue weighted by Crippen LogP contribution is -2.17. The maximum absolute atomic E-state index is 12.3. The van der Waals surface area contributed by atoms with Crippen LogP contribution in [0.5, 0.6) is 0 Å². The predicted molar refractivity (Wildman–Crippen MR) is 105 cm³/mol. The van der Waals surface area contributed by atoms with Crippen molar-refractivity contribution in [2.24, 2.45) is 0 Å². The lowest BCUT2D eigenvalue weighted by Gasteiger charge is -2.10. The molecule has 7 heteroatoms. The van der Waals surface area contributed by atoms with Gasteiger partial charge in [0.1, 0.15) is 5.82 Å². The molecule has 2 amide bonds. The smallest absolute Gasteiger partial charge is 0.257 e. The SMILES string of the molecule is CC(=O)Nc1ccc(NC(=O)c2ccc(NCCCN(C)C)nc2)cc1. The topological polar surface area (TPSA) is 86.4 Å². The molecule has 0 spiro atoms. The van der Waals surface area contributed by atoms with Crippen molar-refractivity contribution in [1.82, 2.24) is 9.88 Å². The van der Waals surface area contributed by atoms with Gasteiger partial charge in [0.15, 0.2) is 0 Å². The Hall–Kier alpha value is -2.93. The molecule has 2 rings (SSSR count). The fourth-order valence-electron chi connectivity index (χ4n) is 2.29. The summed E-state index contributed by atoms with van der Waals surface area (Å²) < 4.78 is 0. The predicted octanol–water partition coefficient (Wildman–Crippen LogP) is 2.66. The van der Waals surface area contributed by atoms with Gasteiger partial charge >= 0.3 is 0 Å². The summed E-state index contributed by atoms with van der Waals surface area (Å²) in [6, 6.07) is 10.5. The number of nitrogens with one attached hydrogen (secondary N) is 3. The third kappa shape index (κ3) is 6.52. The molecule has 26 heavy (non-hydrogen) atoms. The molecule has 1 aromatic carbocycles. The van der Waals surface area contributed by atoms with Crippen molar-refractivity contribution in [2.45, 2.75) is 13.3 Å². The van der Waals surface area contributed by atoms with E-state index in [9.17, 15) is 9.59 Å². The maximum Gasteiger partial charge on any atom is 0.257 e. The minimum atomic E-state index is -0.232. The van der Waals surface area contributed by atoms with E-state index in [2.05, 4.69) is 25.8 Å². The fourth-order valence-corrected chi connectivity index (χ4v) is 2.29. The number of carbonyl (C=O) groups excluding carboxylic acids is 2. The molecule has 0 saturated heterocycles. The minimum Gasteiger partial charge on any atom is -0.370 e. The second-order valence-corrected chi connectivity index (χ2v) is 6.23. The summed E-state index contributed by atoms with van der Waals surface area (Å²) in [5.74, 6) is 0.382. The molecule has 7 nitrogen and oxygen atoms in total. The average molecular weight is 355 g/mol. The molecule has 0 radical (unpaired) electrons. The summed E-state index contributed by atoms with van der Waals surface area (Å²) in [6.07, 6.45) is 2.57. The zero-order chi connectivity index (χ0) is 18.9. The van der Waals surface area contributed by atoms with Crippen LogP contribution in [0.2, 0.25) is 0 Å². The number of rotatable bonds is 8. The summed E-state index contributed by atoms with van der Waals surface area (Å²) in [4.78, 5) is 29.7. The molecule has 138 valence electrons. The third-order valence-electron chi connectivity index (χ3n) is 3.58. The third-order valence-corrected chi connectivity index (χ3v) is 3.58. The number of aromatic nitrogens is 1. The molecule has 0 unspecified atom stereocenters. The number of amides is 2. The van der Waals surface area contributed by atoms with Gasteiger partial charge in [-0.15, -0.1) is 0 Å². The Balaban J connectivity index is 1.86. The van der Waals surface area contributed by atoms with Gasteiger partial charge in [-0.2, -0.15) is 0 Å². The van der Waals surface area contributed by atoms with E-state index in [0.29, 0.717) is 16.9 Å². The van der Waals surface area contributed by atoms with Crippen LogP contribution < -0.4 is 16.0 Å². The first-order chi connectivity index (χ1) is 12.4. The molecular formula is C19H25N5O2. The Kier molecular flexibility index (Phi) is 7.11. The summed E-state index contributed by atoms with van der Waals surface area (Å²) in [5.41, 5.74) is 1.81. The molecule has 1 heterocycles. The van der Waals surface area contributed by atoms with Gasteiger partial charge in [-0.3, -0.25) is 9.59 Å². The number of hydrogen-bond acceptors (Lipinski definition) is 5. The van der Waals surface area contributed by atoms with Crippen LogP contribution in [0.4, 0.5) is 17.2 Å². The number of hydrogen-bond donors (Lipinski definition) is 3. The molecule has 0 bridgehead atoms. The normalized spacial score (nSPS) is 10.5. The van der Waals surface area contributed by atoms with Crippen molar-refractivity contribution in [3.63, 3.8) is 0 Å². The van der Waals surface area contributed by atoms with E-state index >= 15 is 0 Å². The molecule has 2 aromatic rings. The van der Waals surface area contributed by atoms with Crippen molar-refractivity contribution in [2.75, 3.05) is 43.1 Å². The summed E-state index contributed by atoms with van der Waals surface area (Å²) in [7, 11) is 4.08. The monoisotopic (exact) mass is 355 g/mol. The van der Waals surface area contributed by atoms with Gasteiger partial charge in [-0.1, -0.05) is 0 Å². The van der Waals surface area contributed by atoms with E-state index in [1.165, 1.54) is 6.92 Å². The quantitative estimate of drug-likeness (QED) is 0.634. The summed E-state index contributed by atoms with van der Waals surface area (Å²) in [6.45, 7) is 3.29. The van der Waals surface area contributed by atoms with Gasteiger partial charge in [0.05, 0.1) is 5.56 Å². The maximum atomic E-state index is 12.3. The van der Waals surface area contributed by atoms with Crippen LogP contribution in [-0.2, 0) is 4.79 Å². The lowest BCUT2D eigenvalue weighted by atomic mass is 10.2. The first-order valence-corrected chi connectivity index (χ1v) is 8.47. The summed E-state index contributed by atoms with van der Waals surface area (Å²) >= 11 is 0. The van der Waals surface area contributed by atoms with E-state index in [1.54, 1.807) is 42.6 Å². The second kappa shape index (κ2) is 9.53. The van der Waals surface area contributed by atoms with Crippen molar-refractivity contribution in [1.29, 1.82) is 0 Å². The van der Waals surface area contributed by atoms with Gasteiger partial charge in [0, 0.05) is 31.0 Å². The molecule has 0 saturated carbocycles. The Morgan fingerprint density at radius 1 is 1.00 bits per heavy atom. The Morgan fingerprint density at radius 2 is 1.65 bits per heavy atom. The van der Waals surface area contributed by atoms with Crippen LogP contribution in [0.15, 0.2) is 42.6 Å². The Bertz CT molecular complexity index is 727. The van der Waals surface area contributed by atoms with Gasteiger partial charge in [-0.05, 0) is 63.5 Å². The Labute approximate surface area is 153 Å². The van der Waals surface area contributed by atoms with Crippen molar-refractivity contribution >= 4 is 29.0 Å². The van der Waals surface area contributed by atoms with Crippen LogP contribution in [0.1, 0.15) is 23.7 Å². The van der Waals surface area contributed by atoms with Gasteiger partial charge in [0.25, 0.3) is 5.91 Å². The second-order valence-electron chi connectivity index (χ2n) is 6.23. The zero-order valence-electron chi connectivity index (χ0n) is 15.4. The highest BCUT2D eigenvalue weighted by molar-refractivity contribution is 6.04. The first-order valence-electron chi connectivity index (χ1n) is 8.47. The van der Waals surface area contributed by atoms with Crippen LogP contribution in [0.25, 0.3) is 0 Å². The highest BCUT2D eigenvalue weighted by atomic mass is 16.2. The van der Waals surface area contributed by atoms with E-state index in [4.69, 9.17) is 0 Å². The largest absolute Gasteiger partial charge is 0.370 e. The Morgan fingerprint density at radius 3 is 2.19 bits per heavy atom. The van der Waals surface area contributed by atoms with Crippen LogP contribution in [0.3, 0.4) is 0 Å². The molecule has 0 aliphatic heterocycles. The number of anilines is 3. The van der Waals surface area contributed by atoms with E-state index in [1.807, 2.05) is 14.1 Å². The highest BCUT2D eigenvalue weighted by Crippen LogP contribution is 2.15. The van der Waals surface area contributed by atoms with Crippen LogP contribution in [0, 0.1) is 0 Å². The number of carbonyl (C=O) groups is 2. The van der Waals surface area contributed by atoms with Crippen LogP contribution >= 0.6 is 0 Å². The molecule has 0 aliphatic carbocycles. The number of nitrogens with zero attached hydrogens (tertiary/aromatic N) is 2. The number of pyridine rings is 1. The number of benzene rings is 1. The standard InChI is InChI=1S/C19H25N5O2/c1-14(25)22-16-6-8-17(9-7-16)23-19(26)15-5-10-18(21-13-15)20-11-4-12-24(2)3/h5-10,13H,4,11-12H2,1-3H3,(H,20,21)(H,22,25)(H,23,26). The fraction of sp³-hybridized carbons (Fsp3) is 0.316. The molecular weight excluding hydrogens is 330 g/mol. The van der Waals surface area contributed by atoms with E-state index in [-0.39, 0.29) is 11.8 Å². The first kappa shape index (κ1) is 19.4. The molecule has 0 fully saturated rings. The zero-order valence-corrected chi connectivity index (χ0v) is 15.4. The molecule has 0 aliphatic rings. The lowest BCUT2D eigenvalue weighted by molar-refractivity contribution is -0.114. The van der Waals surface area contributed by atoms with Crippen molar-refractivity contribution in [3.05, 3.63) is 48.2 Å². The average Bonchev–Trinajstić information content (AvgIpc) is 2.60. The van der Waals surface area contributed by atoms with Crippen molar-refractivity contribution in [3.8, 4) is 0 Å². The minimum absolute atomic E-state index is 0.136. The van der Waals surface area contributed by atoms with E-state index in [0.717, 1.165) is 25.3 Å². The highest BCUT2D eigenvalue weighted by Gasteiger charge is 2.07. The van der Waals surface area contributed by atoms with Gasteiger partial charge < -0.3 is 20.9 Å². The van der Waals surface area contributed by atoms with E-state index < -0.39 is 0 Å². The molecule has 0 atom stereocenters. The summed E-state index contributed by atoms with van der Waals surface area (Å²) in [5, 5.41) is 8.72. The van der Waals surface area contributed by atoms with Gasteiger partial charge in [0.2, 0.25) is 5.91 Å². The van der Waals surface area contributed by atoms with Crippen LogP contribution in [-0.4, -0.2) is 48.9 Å². The molecule has 1 aromatic heterocycles. The van der Waals surface area contributed by atoms with Gasteiger partial charge in [-0.25, -0.2) is 4.98 Å².